The van der Waals surface area contributed by atoms with Gasteiger partial charge in [0.25, 0.3) is 0 Å². The zero-order valence-corrected chi connectivity index (χ0v) is 18.7. The van der Waals surface area contributed by atoms with Crippen LogP contribution in [-0.4, -0.2) is 32.8 Å². The molecule has 0 bridgehead atoms. The fourth-order valence-electron chi connectivity index (χ4n) is 2.42. The number of hydrogen-bond acceptors (Lipinski definition) is 3. The van der Waals surface area contributed by atoms with Crippen molar-refractivity contribution in [3.8, 4) is 5.75 Å². The highest BCUT2D eigenvalue weighted by Gasteiger charge is 2.00. The minimum atomic E-state index is -0.253. The molecule has 5 nitrogen and oxygen atoms in total. The van der Waals surface area contributed by atoms with E-state index in [4.69, 9.17) is 9.47 Å². The lowest BCUT2D eigenvalue weighted by Gasteiger charge is -2.11. The Kier molecular flexibility index (Phi) is 12.2. The number of benzene rings is 2. The molecule has 2 aromatic rings. The lowest BCUT2D eigenvalue weighted by molar-refractivity contribution is 0.195. The number of aliphatic imine (C=N–C) groups is 1. The van der Waals surface area contributed by atoms with Crippen molar-refractivity contribution in [1.29, 1.82) is 0 Å². The van der Waals surface area contributed by atoms with Gasteiger partial charge in [-0.2, -0.15) is 0 Å². The van der Waals surface area contributed by atoms with E-state index in [2.05, 4.69) is 15.6 Å². The fourth-order valence-corrected chi connectivity index (χ4v) is 2.42. The summed E-state index contributed by atoms with van der Waals surface area (Å²) in [5.74, 6) is 1.29. The van der Waals surface area contributed by atoms with Crippen LogP contribution in [0.15, 0.2) is 53.5 Å². The molecule has 2 aromatic carbocycles. The molecule has 0 heterocycles. The van der Waals surface area contributed by atoms with Gasteiger partial charge in [-0.15, -0.1) is 24.0 Å². The van der Waals surface area contributed by atoms with Gasteiger partial charge in [-0.3, -0.25) is 0 Å². The van der Waals surface area contributed by atoms with Gasteiger partial charge in [0.15, 0.2) is 5.96 Å². The number of methoxy groups -OCH3 is 1. The summed E-state index contributed by atoms with van der Waals surface area (Å²) in [5.41, 5.74) is 1.89. The third-order valence-corrected chi connectivity index (χ3v) is 3.80. The number of nitrogens with zero attached hydrogens (tertiary/aromatic N) is 1. The Labute approximate surface area is 183 Å². The first-order chi connectivity index (χ1) is 13.2. The Morgan fingerprint density at radius 1 is 1.07 bits per heavy atom. The molecule has 2 rings (SSSR count). The van der Waals surface area contributed by atoms with Crippen LogP contribution in [0.25, 0.3) is 0 Å². The second-order valence-electron chi connectivity index (χ2n) is 6.03. The standard InChI is InChI=1S/C21H28FN3O2.HI/c1-3-23-21(24-12-5-13-26-2)25-15-17-8-10-20(11-9-17)27-16-18-6-4-7-19(22)14-18;/h4,6-11,14H,3,5,12-13,15-16H2,1-2H3,(H2,23,24,25);1H. The maximum atomic E-state index is 13.2. The van der Waals surface area contributed by atoms with Crippen molar-refractivity contribution < 1.29 is 13.9 Å². The van der Waals surface area contributed by atoms with E-state index in [0.717, 1.165) is 49.0 Å². The predicted octanol–water partition coefficient (Wildman–Crippen LogP) is 4.11. The van der Waals surface area contributed by atoms with E-state index in [1.54, 1.807) is 13.2 Å². The van der Waals surface area contributed by atoms with Crippen LogP contribution in [0.5, 0.6) is 5.75 Å². The van der Waals surface area contributed by atoms with Gasteiger partial charge in [-0.05, 0) is 48.7 Å². The van der Waals surface area contributed by atoms with Gasteiger partial charge in [0.2, 0.25) is 0 Å². The molecule has 0 aliphatic carbocycles. The van der Waals surface area contributed by atoms with Crippen molar-refractivity contribution in [1.82, 2.24) is 10.6 Å². The van der Waals surface area contributed by atoms with Crippen molar-refractivity contribution in [2.45, 2.75) is 26.5 Å². The zero-order chi connectivity index (χ0) is 19.3. The number of halogens is 2. The summed E-state index contributed by atoms with van der Waals surface area (Å²) in [4.78, 5) is 4.59. The molecule has 0 radical (unpaired) electrons. The molecule has 0 aliphatic heterocycles. The Balaban J connectivity index is 0.00000392. The highest BCUT2D eigenvalue weighted by molar-refractivity contribution is 14.0. The Morgan fingerprint density at radius 3 is 2.54 bits per heavy atom. The van der Waals surface area contributed by atoms with Crippen LogP contribution in [0.4, 0.5) is 4.39 Å². The molecule has 0 atom stereocenters. The van der Waals surface area contributed by atoms with Gasteiger partial charge in [-0.25, -0.2) is 9.38 Å². The maximum Gasteiger partial charge on any atom is 0.191 e. The monoisotopic (exact) mass is 501 g/mol. The second-order valence-corrected chi connectivity index (χ2v) is 6.03. The smallest absolute Gasteiger partial charge is 0.191 e. The summed E-state index contributed by atoms with van der Waals surface area (Å²) < 4.78 is 23.9. The summed E-state index contributed by atoms with van der Waals surface area (Å²) in [6.07, 6.45) is 0.929. The van der Waals surface area contributed by atoms with E-state index in [0.29, 0.717) is 13.2 Å². The number of hydrogen-bond donors (Lipinski definition) is 2. The Morgan fingerprint density at radius 2 is 1.86 bits per heavy atom. The third kappa shape index (κ3) is 9.36. The number of ether oxygens (including phenoxy) is 2. The minimum absolute atomic E-state index is 0. The average molecular weight is 501 g/mol. The molecule has 0 amide bonds. The van der Waals surface area contributed by atoms with Crippen LogP contribution in [0, 0.1) is 5.82 Å². The Hall–Kier alpha value is -1.87. The van der Waals surface area contributed by atoms with Crippen LogP contribution in [0.3, 0.4) is 0 Å². The van der Waals surface area contributed by atoms with Gasteiger partial charge in [0.05, 0.1) is 6.54 Å². The molecule has 154 valence electrons. The van der Waals surface area contributed by atoms with Crippen molar-refractivity contribution in [2.24, 2.45) is 4.99 Å². The molecular formula is C21H29FIN3O2. The molecule has 0 spiro atoms. The first-order valence-electron chi connectivity index (χ1n) is 9.18. The summed E-state index contributed by atoms with van der Waals surface area (Å²) in [6, 6.07) is 14.2. The van der Waals surface area contributed by atoms with E-state index in [-0.39, 0.29) is 29.8 Å². The molecule has 0 fully saturated rings. The summed E-state index contributed by atoms with van der Waals surface area (Å²) >= 11 is 0. The van der Waals surface area contributed by atoms with Crippen LogP contribution in [-0.2, 0) is 17.9 Å². The first kappa shape index (κ1) is 24.2. The van der Waals surface area contributed by atoms with Gasteiger partial charge in [-0.1, -0.05) is 24.3 Å². The minimum Gasteiger partial charge on any atom is -0.489 e. The number of guanidine groups is 1. The van der Waals surface area contributed by atoms with E-state index < -0.39 is 0 Å². The maximum absolute atomic E-state index is 13.2. The van der Waals surface area contributed by atoms with E-state index >= 15 is 0 Å². The van der Waals surface area contributed by atoms with Crippen LogP contribution in [0.2, 0.25) is 0 Å². The second kappa shape index (κ2) is 14.2. The highest BCUT2D eigenvalue weighted by atomic mass is 127. The van der Waals surface area contributed by atoms with E-state index in [1.165, 1.54) is 12.1 Å². The number of nitrogens with one attached hydrogen (secondary N) is 2. The molecule has 0 aliphatic rings. The molecule has 0 aromatic heterocycles. The lowest BCUT2D eigenvalue weighted by Crippen LogP contribution is -2.38. The first-order valence-corrected chi connectivity index (χ1v) is 9.18. The zero-order valence-electron chi connectivity index (χ0n) is 16.4. The van der Waals surface area contributed by atoms with Gasteiger partial charge in [0.1, 0.15) is 18.2 Å². The number of rotatable bonds is 10. The molecule has 0 unspecified atom stereocenters. The summed E-state index contributed by atoms with van der Waals surface area (Å²) in [6.45, 7) is 5.30. The van der Waals surface area contributed by atoms with E-state index in [9.17, 15) is 4.39 Å². The predicted molar refractivity (Wildman–Crippen MR) is 122 cm³/mol. The van der Waals surface area contributed by atoms with Crippen molar-refractivity contribution in [3.05, 3.63) is 65.5 Å². The van der Waals surface area contributed by atoms with Gasteiger partial charge in [0, 0.05) is 26.8 Å². The van der Waals surface area contributed by atoms with Crippen LogP contribution in [0.1, 0.15) is 24.5 Å². The average Bonchev–Trinajstić information content (AvgIpc) is 2.68. The molecule has 7 heteroatoms. The Bertz CT molecular complexity index is 711. The van der Waals surface area contributed by atoms with Crippen molar-refractivity contribution in [2.75, 3.05) is 26.8 Å². The molecule has 28 heavy (non-hydrogen) atoms. The topological polar surface area (TPSA) is 54.9 Å². The van der Waals surface area contributed by atoms with Crippen LogP contribution >= 0.6 is 24.0 Å². The van der Waals surface area contributed by atoms with Crippen molar-refractivity contribution >= 4 is 29.9 Å². The van der Waals surface area contributed by atoms with E-state index in [1.807, 2.05) is 37.3 Å². The molecule has 0 saturated carbocycles. The molecular weight excluding hydrogens is 472 g/mol. The summed E-state index contributed by atoms with van der Waals surface area (Å²) in [5, 5.41) is 6.51. The normalized spacial score (nSPS) is 10.9. The van der Waals surface area contributed by atoms with Gasteiger partial charge < -0.3 is 20.1 Å². The van der Waals surface area contributed by atoms with Crippen LogP contribution < -0.4 is 15.4 Å². The highest BCUT2D eigenvalue weighted by Crippen LogP contribution is 2.15. The SMILES string of the molecule is CCNC(=NCc1ccc(OCc2cccc(F)c2)cc1)NCCCOC.I. The lowest BCUT2D eigenvalue weighted by atomic mass is 10.2. The van der Waals surface area contributed by atoms with Gasteiger partial charge >= 0.3 is 0 Å². The third-order valence-electron chi connectivity index (χ3n) is 3.80. The molecule has 0 saturated heterocycles. The summed E-state index contributed by atoms with van der Waals surface area (Å²) in [7, 11) is 1.70. The largest absolute Gasteiger partial charge is 0.489 e. The van der Waals surface area contributed by atoms with Crippen molar-refractivity contribution in [3.63, 3.8) is 0 Å². The quantitative estimate of drug-likeness (QED) is 0.223. The fraction of sp³-hybridized carbons (Fsp3) is 0.381. The molecule has 2 N–H and O–H groups in total.